The van der Waals surface area contributed by atoms with Crippen molar-refractivity contribution in [2.75, 3.05) is 6.67 Å². The van der Waals surface area contributed by atoms with Crippen LogP contribution in [0.15, 0.2) is 15.8 Å². The van der Waals surface area contributed by atoms with Gasteiger partial charge in [-0.3, -0.25) is 14.3 Å². The summed E-state index contributed by atoms with van der Waals surface area (Å²) in [6.45, 7) is 0.0562. The van der Waals surface area contributed by atoms with E-state index in [1.54, 1.807) is 4.98 Å². The van der Waals surface area contributed by atoms with Crippen molar-refractivity contribution in [1.29, 1.82) is 0 Å². The fourth-order valence-corrected chi connectivity index (χ4v) is 6.21. The molecule has 190 valence electrons. The van der Waals surface area contributed by atoms with Gasteiger partial charge in [0.05, 0.1) is 0 Å². The Morgan fingerprint density at radius 2 is 1.79 bits per heavy atom. The van der Waals surface area contributed by atoms with Crippen molar-refractivity contribution in [3.63, 3.8) is 0 Å². The van der Waals surface area contributed by atoms with Crippen molar-refractivity contribution in [3.05, 3.63) is 27.0 Å². The second-order valence-electron chi connectivity index (χ2n) is 7.15. The van der Waals surface area contributed by atoms with Crippen LogP contribution >= 0.6 is 23.5 Å². The highest BCUT2D eigenvalue weighted by Gasteiger charge is 2.62. The molecular formula is C11H19FN3O15P3. The summed E-state index contributed by atoms with van der Waals surface area (Å²) in [6, 6.07) is 0. The molecule has 0 radical (unpaired) electrons. The highest BCUT2D eigenvalue weighted by Crippen LogP contribution is 2.67. The number of H-pyrrole nitrogens is 1. The van der Waals surface area contributed by atoms with Gasteiger partial charge in [-0.2, -0.15) is 18.4 Å². The molecule has 6 atom stereocenters. The third-order valence-corrected chi connectivity index (χ3v) is 8.16. The summed E-state index contributed by atoms with van der Waals surface area (Å²) in [6.07, 6.45) is -5.79. The lowest BCUT2D eigenvalue weighted by atomic mass is 9.88. The lowest BCUT2D eigenvalue weighted by molar-refractivity contribution is -0.134. The van der Waals surface area contributed by atoms with Crippen LogP contribution in [-0.2, 0) is 31.6 Å². The molecule has 0 spiro atoms. The Bertz CT molecular complexity index is 1150. The van der Waals surface area contributed by atoms with Crippen molar-refractivity contribution in [2.45, 2.75) is 43.5 Å². The van der Waals surface area contributed by atoms with Gasteiger partial charge < -0.3 is 34.5 Å². The number of hydrogen-bond acceptors (Lipinski definition) is 12. The Morgan fingerprint density at radius 1 is 1.21 bits per heavy atom. The number of hydrogen-bond donors (Lipinski definition) is 7. The lowest BCUT2D eigenvalue weighted by Crippen LogP contribution is -2.54. The predicted molar refractivity (Wildman–Crippen MR) is 99.0 cm³/mol. The SMILES string of the molecule is CC(C)(OP(=O)(O)OP(=O)(O)OP(=O)(O)O)[C@H]1O[C@@H](n2ncc(=O)[nH]c2=O)C(O)(CF)[C@H]1O. The van der Waals surface area contributed by atoms with Gasteiger partial charge in [0.2, 0.25) is 0 Å². The first kappa shape index (κ1) is 28.1. The molecule has 18 nitrogen and oxygen atoms in total. The average molecular weight is 545 g/mol. The maximum Gasteiger partial charge on any atom is 0.490 e. The monoisotopic (exact) mass is 545 g/mol. The first-order chi connectivity index (χ1) is 14.7. The number of phosphoric acid groups is 3. The number of rotatable bonds is 9. The lowest BCUT2D eigenvalue weighted by Gasteiger charge is -2.34. The molecule has 1 aromatic rings. The van der Waals surface area contributed by atoms with Crippen LogP contribution in [0.2, 0.25) is 0 Å². The molecule has 1 aromatic heterocycles. The van der Waals surface area contributed by atoms with Gasteiger partial charge in [0.15, 0.2) is 11.8 Å². The minimum atomic E-state index is -5.87. The van der Waals surface area contributed by atoms with Crippen molar-refractivity contribution < 1.29 is 65.8 Å². The zero-order chi connectivity index (χ0) is 25.6. The van der Waals surface area contributed by atoms with Crippen LogP contribution < -0.4 is 11.2 Å². The third kappa shape index (κ3) is 6.49. The van der Waals surface area contributed by atoms with Crippen molar-refractivity contribution in [3.8, 4) is 0 Å². The summed E-state index contributed by atoms with van der Waals surface area (Å²) in [5.74, 6) is 0. The summed E-state index contributed by atoms with van der Waals surface area (Å²) < 4.78 is 65.3. The topological polar surface area (TPSA) is 277 Å². The number of aliphatic hydroxyl groups excluding tert-OH is 1. The van der Waals surface area contributed by atoms with Crippen LogP contribution in [0.1, 0.15) is 20.1 Å². The highest BCUT2D eigenvalue weighted by molar-refractivity contribution is 7.66. The third-order valence-electron chi connectivity index (χ3n) is 4.13. The Hall–Kier alpha value is -1.17. The number of halogens is 1. The van der Waals surface area contributed by atoms with Gasteiger partial charge >= 0.3 is 29.2 Å². The summed E-state index contributed by atoms with van der Waals surface area (Å²) in [4.78, 5) is 61.0. The predicted octanol–water partition coefficient (Wildman–Crippen LogP) is -1.99. The number of aromatic nitrogens is 3. The first-order valence-corrected chi connectivity index (χ1v) is 12.9. The molecule has 0 aliphatic carbocycles. The van der Waals surface area contributed by atoms with Gasteiger partial charge in [-0.1, -0.05) is 0 Å². The molecule has 3 unspecified atom stereocenters. The number of nitrogens with one attached hydrogen (secondary N) is 1. The average Bonchev–Trinajstić information content (AvgIpc) is 2.83. The summed E-state index contributed by atoms with van der Waals surface area (Å²) in [5, 5.41) is 24.4. The molecule has 7 N–H and O–H groups in total. The van der Waals surface area contributed by atoms with Gasteiger partial charge in [0.1, 0.15) is 30.7 Å². The number of alkyl halides is 1. The molecular weight excluding hydrogens is 526 g/mol. The molecule has 0 saturated carbocycles. The minimum absolute atomic E-state index is 0.269. The van der Waals surface area contributed by atoms with E-state index in [-0.39, 0.29) is 4.68 Å². The molecule has 2 rings (SSSR count). The highest BCUT2D eigenvalue weighted by atomic mass is 31.3. The number of aromatic amines is 1. The van der Waals surface area contributed by atoms with E-state index < -0.39 is 71.0 Å². The van der Waals surface area contributed by atoms with Gasteiger partial charge in [-0.05, 0) is 13.8 Å². The van der Waals surface area contributed by atoms with Gasteiger partial charge in [0.25, 0.3) is 5.56 Å². The fourth-order valence-electron chi connectivity index (χ4n) is 2.87. The van der Waals surface area contributed by atoms with E-state index in [4.69, 9.17) is 14.5 Å². The summed E-state index contributed by atoms with van der Waals surface area (Å²) in [5.41, 5.74) is -7.44. The van der Waals surface area contributed by atoms with E-state index in [9.17, 15) is 47.7 Å². The molecule has 0 bridgehead atoms. The van der Waals surface area contributed by atoms with Gasteiger partial charge in [-0.25, -0.2) is 22.9 Å². The second-order valence-corrected chi connectivity index (χ2v) is 11.5. The van der Waals surface area contributed by atoms with E-state index in [0.29, 0.717) is 6.20 Å². The van der Waals surface area contributed by atoms with Crippen molar-refractivity contribution in [1.82, 2.24) is 14.8 Å². The Kier molecular flexibility index (Phi) is 7.76. The van der Waals surface area contributed by atoms with E-state index in [2.05, 4.69) is 18.2 Å². The van der Waals surface area contributed by atoms with Crippen LogP contribution in [0.25, 0.3) is 0 Å². The zero-order valence-corrected chi connectivity index (χ0v) is 19.2. The van der Waals surface area contributed by atoms with Crippen molar-refractivity contribution >= 4 is 23.5 Å². The molecule has 33 heavy (non-hydrogen) atoms. The normalized spacial score (nSPS) is 30.0. The molecule has 0 aromatic carbocycles. The van der Waals surface area contributed by atoms with Crippen LogP contribution in [0.3, 0.4) is 0 Å². The van der Waals surface area contributed by atoms with E-state index >= 15 is 0 Å². The van der Waals surface area contributed by atoms with E-state index in [1.807, 2.05) is 0 Å². The van der Waals surface area contributed by atoms with Crippen LogP contribution in [0.4, 0.5) is 4.39 Å². The maximum absolute atomic E-state index is 13.7. The van der Waals surface area contributed by atoms with Crippen LogP contribution in [0.5, 0.6) is 0 Å². The molecule has 1 saturated heterocycles. The molecule has 1 aliphatic heterocycles. The first-order valence-electron chi connectivity index (χ1n) is 8.38. The zero-order valence-electron chi connectivity index (χ0n) is 16.5. The number of nitrogens with zero attached hydrogens (tertiary/aromatic N) is 2. The number of aliphatic hydroxyl groups is 2. The minimum Gasteiger partial charge on any atom is -0.387 e. The molecule has 0 amide bonds. The van der Waals surface area contributed by atoms with Crippen LogP contribution in [-0.4, -0.2) is 74.6 Å². The molecule has 22 heteroatoms. The van der Waals surface area contributed by atoms with E-state index in [1.165, 1.54) is 0 Å². The molecule has 2 heterocycles. The largest absolute Gasteiger partial charge is 0.490 e. The molecule has 1 fully saturated rings. The smallest absolute Gasteiger partial charge is 0.387 e. The summed E-state index contributed by atoms with van der Waals surface area (Å²) >= 11 is 0. The van der Waals surface area contributed by atoms with E-state index in [0.717, 1.165) is 13.8 Å². The van der Waals surface area contributed by atoms with Crippen molar-refractivity contribution in [2.24, 2.45) is 0 Å². The number of phosphoric ester groups is 1. The van der Waals surface area contributed by atoms with Gasteiger partial charge in [-0.15, -0.1) is 0 Å². The Labute approximate surface area is 182 Å². The Morgan fingerprint density at radius 3 is 2.27 bits per heavy atom. The quantitative estimate of drug-likeness (QED) is 0.165. The maximum atomic E-state index is 13.7. The molecule has 1 aliphatic rings. The second kappa shape index (κ2) is 9.13. The standard InChI is InChI=1S/C11H19FN3O15P3/c1-10(2,28-32(23,24)30-33(25,26)29-31(20,21)22)7-6(17)11(19,4-12)8(27-7)15-9(18)14-5(16)3-13-15/h3,6-8,17,19H,4H2,1-2H3,(H,23,24)(H,25,26)(H,14,16,18)(H2,20,21,22)/t6-,7-,8+,11?/m0/s1. The fraction of sp³-hybridized carbons (Fsp3) is 0.727. The summed E-state index contributed by atoms with van der Waals surface area (Å²) in [7, 11) is -17.3. The Balaban J connectivity index is 2.35. The van der Waals surface area contributed by atoms with Crippen LogP contribution in [0, 0.1) is 0 Å². The number of ether oxygens (including phenoxy) is 1. The van der Waals surface area contributed by atoms with Gasteiger partial charge in [0, 0.05) is 0 Å².